The van der Waals surface area contributed by atoms with Crippen LogP contribution >= 0.6 is 0 Å². The van der Waals surface area contributed by atoms with Crippen molar-refractivity contribution in [2.75, 3.05) is 11.6 Å². The zero-order valence-corrected chi connectivity index (χ0v) is 18.8. The van der Waals surface area contributed by atoms with Crippen LogP contribution in [0.5, 0.6) is 0 Å². The van der Waals surface area contributed by atoms with Gasteiger partial charge in [-0.15, -0.1) is 0 Å². The lowest BCUT2D eigenvalue weighted by molar-refractivity contribution is -0.376. The lowest BCUT2D eigenvalue weighted by atomic mass is 9.92. The van der Waals surface area contributed by atoms with Gasteiger partial charge in [0.1, 0.15) is 6.04 Å². The number of sulfone groups is 1. The van der Waals surface area contributed by atoms with Gasteiger partial charge in [-0.2, -0.15) is 26.3 Å². The summed E-state index contributed by atoms with van der Waals surface area (Å²) in [6, 6.07) is 4.94. The monoisotopic (exact) mass is 524 g/mol. The highest BCUT2D eigenvalue weighted by molar-refractivity contribution is 7.90. The second-order valence-corrected chi connectivity index (χ2v) is 9.97. The number of hydrogen-bond donors (Lipinski definition) is 2. The summed E-state index contributed by atoms with van der Waals surface area (Å²) in [5.41, 5.74) is -6.12. The minimum atomic E-state index is -6.06. The standard InChI is InChI=1S/C21H18F6N2O5S/c1-11(30)29-10-12-9-15(35(2,33)34)7-8-16(12)17(29)18(31)28-14-5-3-13(4-6-14)19(32,20(22,23)24)21(25,26)27/h3-9,17,32H,10H2,1-2H3,(H,28,31)/t17-/m1/s1. The number of benzene rings is 2. The van der Waals surface area contributed by atoms with Gasteiger partial charge in [0.05, 0.1) is 4.90 Å². The molecule has 0 bridgehead atoms. The Morgan fingerprint density at radius 1 is 1.00 bits per heavy atom. The highest BCUT2D eigenvalue weighted by Gasteiger charge is 2.71. The Balaban J connectivity index is 1.92. The second kappa shape index (κ2) is 8.52. The van der Waals surface area contributed by atoms with Crippen LogP contribution in [0.1, 0.15) is 29.7 Å². The summed E-state index contributed by atoms with van der Waals surface area (Å²) in [6.07, 6.45) is -11.1. The van der Waals surface area contributed by atoms with Gasteiger partial charge in [-0.25, -0.2) is 8.42 Å². The average Bonchev–Trinajstić information content (AvgIpc) is 3.10. The number of halogens is 6. The number of anilines is 1. The summed E-state index contributed by atoms with van der Waals surface area (Å²) >= 11 is 0. The predicted molar refractivity (Wildman–Crippen MR) is 110 cm³/mol. The molecule has 1 aliphatic rings. The molecule has 1 heterocycles. The van der Waals surface area contributed by atoms with Crippen molar-refractivity contribution in [1.82, 2.24) is 4.90 Å². The summed E-state index contributed by atoms with van der Waals surface area (Å²) in [6.45, 7) is 1.09. The minimum Gasteiger partial charge on any atom is -0.369 e. The van der Waals surface area contributed by atoms with Gasteiger partial charge in [0.25, 0.3) is 11.5 Å². The molecular weight excluding hydrogens is 506 g/mol. The summed E-state index contributed by atoms with van der Waals surface area (Å²) in [5, 5.41) is 11.8. The molecule has 0 spiro atoms. The van der Waals surface area contributed by atoms with Gasteiger partial charge in [0.15, 0.2) is 9.84 Å². The molecule has 0 aromatic heterocycles. The van der Waals surface area contributed by atoms with Crippen molar-refractivity contribution in [1.29, 1.82) is 0 Å². The fourth-order valence-electron chi connectivity index (χ4n) is 3.73. The number of amides is 2. The number of aliphatic hydroxyl groups is 1. The highest BCUT2D eigenvalue weighted by atomic mass is 32.2. The van der Waals surface area contributed by atoms with E-state index in [0.717, 1.165) is 23.3 Å². The van der Waals surface area contributed by atoms with Crippen molar-refractivity contribution >= 4 is 27.3 Å². The fraction of sp³-hybridized carbons (Fsp3) is 0.333. The van der Waals surface area contributed by atoms with Crippen LogP contribution in [0.4, 0.5) is 32.0 Å². The first-order chi connectivity index (χ1) is 15.9. The van der Waals surface area contributed by atoms with Crippen molar-refractivity contribution in [3.8, 4) is 0 Å². The van der Waals surface area contributed by atoms with Crippen LogP contribution in [0.3, 0.4) is 0 Å². The molecule has 190 valence electrons. The maximum absolute atomic E-state index is 13.0. The molecule has 0 fully saturated rings. The van der Waals surface area contributed by atoms with E-state index in [2.05, 4.69) is 5.32 Å². The van der Waals surface area contributed by atoms with Crippen molar-refractivity contribution in [2.45, 2.75) is 42.4 Å². The largest absolute Gasteiger partial charge is 0.430 e. The number of nitrogens with zero attached hydrogens (tertiary/aromatic N) is 1. The van der Waals surface area contributed by atoms with Crippen LogP contribution in [0.2, 0.25) is 0 Å². The number of carbonyl (C=O) groups excluding carboxylic acids is 2. The Bertz CT molecular complexity index is 1260. The van der Waals surface area contributed by atoms with E-state index in [-0.39, 0.29) is 17.1 Å². The van der Waals surface area contributed by atoms with Gasteiger partial charge in [-0.3, -0.25) is 9.59 Å². The predicted octanol–water partition coefficient (Wildman–Crippen LogP) is 3.44. The third-order valence-electron chi connectivity index (χ3n) is 5.53. The Hall–Kier alpha value is -3.13. The number of hydrogen-bond acceptors (Lipinski definition) is 5. The molecule has 7 nitrogen and oxygen atoms in total. The van der Waals surface area contributed by atoms with Crippen LogP contribution in [0.15, 0.2) is 47.4 Å². The molecule has 1 atom stereocenters. The van der Waals surface area contributed by atoms with E-state index < -0.39 is 51.2 Å². The fourth-order valence-corrected chi connectivity index (χ4v) is 4.40. The summed E-state index contributed by atoms with van der Waals surface area (Å²) in [4.78, 5) is 26.1. The smallest absolute Gasteiger partial charge is 0.369 e. The van der Waals surface area contributed by atoms with Crippen LogP contribution in [0, 0.1) is 0 Å². The van der Waals surface area contributed by atoms with Crippen molar-refractivity contribution in [2.24, 2.45) is 0 Å². The molecule has 2 amide bonds. The van der Waals surface area contributed by atoms with Gasteiger partial charge in [0, 0.05) is 31.0 Å². The Labute approximate surface area is 195 Å². The molecule has 2 N–H and O–H groups in total. The molecule has 0 saturated heterocycles. The zero-order valence-electron chi connectivity index (χ0n) is 18.0. The SMILES string of the molecule is CC(=O)N1Cc2cc(S(C)(=O)=O)ccc2[C@@H]1C(=O)Nc1ccc(C(O)(C(F)(F)F)C(F)(F)F)cc1. The molecule has 1 aliphatic heterocycles. The molecule has 2 aromatic carbocycles. The van der Waals surface area contributed by atoms with Crippen LogP contribution in [-0.2, 0) is 31.6 Å². The van der Waals surface area contributed by atoms with Crippen molar-refractivity contribution in [3.63, 3.8) is 0 Å². The molecule has 0 radical (unpaired) electrons. The van der Waals surface area contributed by atoms with Crippen LogP contribution < -0.4 is 5.32 Å². The number of rotatable bonds is 4. The summed E-state index contributed by atoms with van der Waals surface area (Å²) in [5.74, 6) is -1.36. The number of fused-ring (bicyclic) bond motifs is 1. The van der Waals surface area contributed by atoms with E-state index >= 15 is 0 Å². The maximum Gasteiger partial charge on any atom is 0.430 e. The first-order valence-corrected chi connectivity index (χ1v) is 11.6. The third kappa shape index (κ3) is 4.72. The zero-order chi connectivity index (χ0) is 26.6. The van der Waals surface area contributed by atoms with Gasteiger partial charge >= 0.3 is 12.4 Å². The lowest BCUT2D eigenvalue weighted by Crippen LogP contribution is -2.53. The van der Waals surface area contributed by atoms with E-state index in [9.17, 15) is 49.5 Å². The first-order valence-electron chi connectivity index (χ1n) is 9.75. The van der Waals surface area contributed by atoms with Gasteiger partial charge in [0.2, 0.25) is 5.91 Å². The highest BCUT2D eigenvalue weighted by Crippen LogP contribution is 2.50. The van der Waals surface area contributed by atoms with Crippen molar-refractivity contribution in [3.05, 3.63) is 59.2 Å². The molecule has 3 rings (SSSR count). The Kier molecular flexibility index (Phi) is 6.44. The van der Waals surface area contributed by atoms with Gasteiger partial charge in [-0.1, -0.05) is 18.2 Å². The van der Waals surface area contributed by atoms with E-state index in [1.165, 1.54) is 25.1 Å². The average molecular weight is 524 g/mol. The quantitative estimate of drug-likeness (QED) is 0.597. The van der Waals surface area contributed by atoms with E-state index in [1.54, 1.807) is 0 Å². The van der Waals surface area contributed by atoms with E-state index in [1.807, 2.05) is 0 Å². The minimum absolute atomic E-state index is 0.0294. The van der Waals surface area contributed by atoms with Crippen LogP contribution in [0.25, 0.3) is 0 Å². The van der Waals surface area contributed by atoms with Gasteiger partial charge in [-0.05, 0) is 35.4 Å². The van der Waals surface area contributed by atoms with E-state index in [4.69, 9.17) is 0 Å². The molecule has 2 aromatic rings. The summed E-state index contributed by atoms with van der Waals surface area (Å²) < 4.78 is 102. The normalized spacial score (nSPS) is 16.7. The van der Waals surface area contributed by atoms with Crippen LogP contribution in [-0.4, -0.2) is 48.8 Å². The Morgan fingerprint density at radius 3 is 2.00 bits per heavy atom. The second-order valence-electron chi connectivity index (χ2n) is 7.95. The molecule has 0 unspecified atom stereocenters. The number of carbonyl (C=O) groups is 2. The summed E-state index contributed by atoms with van der Waals surface area (Å²) in [7, 11) is -3.57. The van der Waals surface area contributed by atoms with Crippen molar-refractivity contribution < 1.29 is 49.5 Å². The molecule has 0 saturated carbocycles. The molecule has 0 aliphatic carbocycles. The maximum atomic E-state index is 13.0. The molecular formula is C21H18F6N2O5S. The third-order valence-corrected chi connectivity index (χ3v) is 6.64. The molecule has 35 heavy (non-hydrogen) atoms. The molecule has 14 heteroatoms. The number of alkyl halides is 6. The lowest BCUT2D eigenvalue weighted by Gasteiger charge is -2.32. The Morgan fingerprint density at radius 2 is 1.54 bits per heavy atom. The van der Waals surface area contributed by atoms with Gasteiger partial charge < -0.3 is 15.3 Å². The number of nitrogens with one attached hydrogen (secondary N) is 1. The van der Waals surface area contributed by atoms with E-state index in [0.29, 0.717) is 23.3 Å². The first kappa shape index (κ1) is 26.5. The topological polar surface area (TPSA) is 104 Å².